The van der Waals surface area contributed by atoms with Crippen LogP contribution in [-0.4, -0.2) is 43.4 Å². The van der Waals surface area contributed by atoms with Crippen molar-refractivity contribution in [3.8, 4) is 0 Å². The van der Waals surface area contributed by atoms with Crippen LogP contribution in [0.25, 0.3) is 0 Å². The van der Waals surface area contributed by atoms with Crippen LogP contribution in [-0.2, 0) is 4.74 Å². The highest BCUT2D eigenvalue weighted by Gasteiger charge is 2.49. The van der Waals surface area contributed by atoms with Crippen molar-refractivity contribution in [1.82, 2.24) is 10.3 Å². The van der Waals surface area contributed by atoms with Crippen LogP contribution in [0.5, 0.6) is 0 Å². The van der Waals surface area contributed by atoms with E-state index >= 15 is 0 Å². The molecule has 3 N–H and O–H groups in total. The number of ether oxygens (including phenoxy) is 1. The number of nitrogens with two attached hydrogens (primary N) is 1. The summed E-state index contributed by atoms with van der Waals surface area (Å²) in [5.74, 6) is 5.70. The van der Waals surface area contributed by atoms with Gasteiger partial charge in [-0.15, -0.1) is 0 Å². The number of rotatable bonds is 1. The molecule has 0 aromatic carbocycles. The molecule has 0 radical (unpaired) electrons. The second-order valence-electron chi connectivity index (χ2n) is 3.46. The Hall–Kier alpha value is -0.160. The van der Waals surface area contributed by atoms with Gasteiger partial charge in [-0.05, 0) is 13.0 Å². The molecule has 4 nitrogen and oxygen atoms in total. The minimum atomic E-state index is 0.00868. The van der Waals surface area contributed by atoms with Crippen molar-refractivity contribution in [2.45, 2.75) is 18.1 Å². The van der Waals surface area contributed by atoms with E-state index in [1.807, 2.05) is 5.01 Å². The summed E-state index contributed by atoms with van der Waals surface area (Å²) in [6.45, 7) is 2.83. The minimum absolute atomic E-state index is 0.00868. The number of hydrogen-bond donors (Lipinski definition) is 2. The fourth-order valence-corrected chi connectivity index (χ4v) is 2.19. The number of methoxy groups -OCH3 is 1. The third kappa shape index (κ3) is 0.980. The summed E-state index contributed by atoms with van der Waals surface area (Å²) < 4.78 is 5.51. The summed E-state index contributed by atoms with van der Waals surface area (Å²) >= 11 is 0. The zero-order valence-electron chi connectivity index (χ0n) is 6.84. The zero-order chi connectivity index (χ0) is 7.90. The van der Waals surface area contributed by atoms with Gasteiger partial charge in [0.25, 0.3) is 0 Å². The monoisotopic (exact) mass is 157 g/mol. The van der Waals surface area contributed by atoms with E-state index in [0.717, 1.165) is 26.1 Å². The number of nitrogens with one attached hydrogen (secondary N) is 1. The van der Waals surface area contributed by atoms with Gasteiger partial charge in [0.1, 0.15) is 0 Å². The largest absolute Gasteiger partial charge is 0.375 e. The highest BCUT2D eigenvalue weighted by molar-refractivity contribution is 5.06. The molecule has 2 aliphatic heterocycles. The molecule has 0 aromatic rings. The summed E-state index contributed by atoms with van der Waals surface area (Å²) in [7, 11) is 1.78. The minimum Gasteiger partial charge on any atom is -0.375 e. The molecule has 0 aliphatic carbocycles. The first-order valence-electron chi connectivity index (χ1n) is 4.05. The van der Waals surface area contributed by atoms with Crippen LogP contribution < -0.4 is 11.2 Å². The lowest BCUT2D eigenvalue weighted by molar-refractivity contribution is -0.00155. The Morgan fingerprint density at radius 2 is 2.55 bits per heavy atom. The second kappa shape index (κ2) is 2.42. The molecule has 0 amide bonds. The maximum Gasteiger partial charge on any atom is 0.0995 e. The Morgan fingerprint density at radius 1 is 1.73 bits per heavy atom. The third-order valence-corrected chi connectivity index (χ3v) is 2.87. The highest BCUT2D eigenvalue weighted by Crippen LogP contribution is 2.30. The van der Waals surface area contributed by atoms with Gasteiger partial charge in [-0.1, -0.05) is 0 Å². The molecule has 64 valence electrons. The highest BCUT2D eigenvalue weighted by atomic mass is 16.5. The van der Waals surface area contributed by atoms with Crippen molar-refractivity contribution in [2.24, 2.45) is 5.84 Å². The van der Waals surface area contributed by atoms with E-state index in [0.29, 0.717) is 6.04 Å². The summed E-state index contributed by atoms with van der Waals surface area (Å²) in [5, 5.41) is 5.23. The lowest BCUT2D eigenvalue weighted by atomic mass is 9.99. The van der Waals surface area contributed by atoms with Gasteiger partial charge in [0.2, 0.25) is 0 Å². The third-order valence-electron chi connectivity index (χ3n) is 2.87. The fourth-order valence-electron chi connectivity index (χ4n) is 2.19. The van der Waals surface area contributed by atoms with Gasteiger partial charge in [0, 0.05) is 20.2 Å². The molecule has 0 spiro atoms. The molecular weight excluding hydrogens is 142 g/mol. The maximum atomic E-state index is 5.70. The van der Waals surface area contributed by atoms with Crippen LogP contribution in [0, 0.1) is 0 Å². The molecule has 4 heteroatoms. The van der Waals surface area contributed by atoms with Crippen LogP contribution in [0.3, 0.4) is 0 Å². The zero-order valence-corrected chi connectivity index (χ0v) is 6.84. The lowest BCUT2D eigenvalue weighted by Gasteiger charge is -2.25. The first-order valence-corrected chi connectivity index (χ1v) is 4.05. The van der Waals surface area contributed by atoms with Gasteiger partial charge < -0.3 is 10.1 Å². The van der Waals surface area contributed by atoms with E-state index in [9.17, 15) is 0 Å². The van der Waals surface area contributed by atoms with Crippen molar-refractivity contribution < 1.29 is 4.74 Å². The van der Waals surface area contributed by atoms with Gasteiger partial charge >= 0.3 is 0 Å². The number of hydrazine groups is 1. The molecule has 2 unspecified atom stereocenters. The van der Waals surface area contributed by atoms with Gasteiger partial charge in [-0.2, -0.15) is 0 Å². The van der Waals surface area contributed by atoms with Crippen molar-refractivity contribution in [3.05, 3.63) is 0 Å². The molecular formula is C7H15N3O. The Kier molecular flexibility index (Phi) is 1.64. The molecule has 2 fully saturated rings. The molecule has 2 saturated heterocycles. The molecule has 2 heterocycles. The van der Waals surface area contributed by atoms with Crippen molar-refractivity contribution in [3.63, 3.8) is 0 Å². The van der Waals surface area contributed by atoms with Crippen molar-refractivity contribution in [1.29, 1.82) is 0 Å². The standard InChI is InChI=1S/C7H15N3O/c1-11-7-2-3-9-6(7)4-10(8)5-7/h6,9H,2-5,8H2,1H3. The Morgan fingerprint density at radius 3 is 3.18 bits per heavy atom. The number of fused-ring (bicyclic) bond motifs is 1. The molecule has 0 saturated carbocycles. The van der Waals surface area contributed by atoms with E-state index < -0.39 is 0 Å². The number of nitrogens with zero attached hydrogens (tertiary/aromatic N) is 1. The van der Waals surface area contributed by atoms with Gasteiger partial charge in [0.15, 0.2) is 0 Å². The summed E-state index contributed by atoms with van der Waals surface area (Å²) in [6.07, 6.45) is 1.09. The van der Waals surface area contributed by atoms with Crippen molar-refractivity contribution in [2.75, 3.05) is 26.7 Å². The normalized spacial score (nSPS) is 44.7. The van der Waals surface area contributed by atoms with E-state index in [2.05, 4.69) is 5.32 Å². The summed E-state index contributed by atoms with van der Waals surface area (Å²) in [6, 6.07) is 0.442. The predicted molar refractivity (Wildman–Crippen MR) is 41.9 cm³/mol. The van der Waals surface area contributed by atoms with Gasteiger partial charge in [-0.25, -0.2) is 5.01 Å². The predicted octanol–water partition coefficient (Wildman–Crippen LogP) is -1.08. The van der Waals surface area contributed by atoms with Crippen molar-refractivity contribution >= 4 is 0 Å². The van der Waals surface area contributed by atoms with Crippen LogP contribution in [0.15, 0.2) is 0 Å². The first-order chi connectivity index (χ1) is 5.27. The van der Waals surface area contributed by atoms with Crippen LogP contribution in [0.2, 0.25) is 0 Å². The SMILES string of the molecule is COC12CCNC1CN(N)C2. The average molecular weight is 157 g/mol. The number of hydrogen-bond acceptors (Lipinski definition) is 4. The van der Waals surface area contributed by atoms with Gasteiger partial charge in [0.05, 0.1) is 11.6 Å². The van der Waals surface area contributed by atoms with E-state index in [4.69, 9.17) is 10.6 Å². The molecule has 11 heavy (non-hydrogen) atoms. The first kappa shape index (κ1) is 7.49. The van der Waals surface area contributed by atoms with Crippen LogP contribution in [0.4, 0.5) is 0 Å². The van der Waals surface area contributed by atoms with Crippen LogP contribution >= 0.6 is 0 Å². The quantitative estimate of drug-likeness (QED) is 0.476. The fraction of sp³-hybridized carbons (Fsp3) is 1.00. The Balaban J connectivity index is 2.15. The molecule has 0 aromatic heterocycles. The van der Waals surface area contributed by atoms with Crippen LogP contribution in [0.1, 0.15) is 6.42 Å². The molecule has 2 atom stereocenters. The molecule has 2 aliphatic rings. The van der Waals surface area contributed by atoms with Gasteiger partial charge in [-0.3, -0.25) is 5.84 Å². The van der Waals surface area contributed by atoms with E-state index in [1.165, 1.54) is 0 Å². The maximum absolute atomic E-state index is 5.70. The Bertz CT molecular complexity index is 164. The average Bonchev–Trinajstić information content (AvgIpc) is 2.43. The topological polar surface area (TPSA) is 50.5 Å². The lowest BCUT2D eigenvalue weighted by Crippen LogP contribution is -2.43. The molecule has 2 rings (SSSR count). The summed E-state index contributed by atoms with van der Waals surface area (Å²) in [4.78, 5) is 0. The summed E-state index contributed by atoms with van der Waals surface area (Å²) in [5.41, 5.74) is 0.00868. The van der Waals surface area contributed by atoms with E-state index in [-0.39, 0.29) is 5.60 Å². The molecule has 0 bridgehead atoms. The second-order valence-corrected chi connectivity index (χ2v) is 3.46. The smallest absolute Gasteiger partial charge is 0.0995 e. The Labute approximate surface area is 66.7 Å². The van der Waals surface area contributed by atoms with E-state index in [1.54, 1.807) is 7.11 Å².